The van der Waals surface area contributed by atoms with E-state index in [4.69, 9.17) is 0 Å². The molecule has 0 saturated carbocycles. The minimum Gasteiger partial charge on any atom is -0.305 e. The molecule has 2 rings (SSSR count). The van der Waals surface area contributed by atoms with Gasteiger partial charge in [-0.25, -0.2) is 0 Å². The van der Waals surface area contributed by atoms with Crippen molar-refractivity contribution in [3.63, 3.8) is 0 Å². The van der Waals surface area contributed by atoms with Crippen LogP contribution < -0.4 is 5.32 Å². The average molecular weight is 268 g/mol. The van der Waals surface area contributed by atoms with Crippen LogP contribution in [0.2, 0.25) is 0 Å². The van der Waals surface area contributed by atoms with E-state index < -0.39 is 0 Å². The first kappa shape index (κ1) is 14.7. The molecule has 0 saturated heterocycles. The highest BCUT2D eigenvalue weighted by molar-refractivity contribution is 5.39. The number of rotatable bonds is 4. The summed E-state index contributed by atoms with van der Waals surface area (Å²) in [5.74, 6) is 0. The Morgan fingerprint density at radius 1 is 1.05 bits per heavy atom. The second-order valence-electron chi connectivity index (χ2n) is 5.69. The summed E-state index contributed by atoms with van der Waals surface area (Å²) >= 11 is 0. The summed E-state index contributed by atoms with van der Waals surface area (Å²) in [5, 5.41) is 3.58. The second kappa shape index (κ2) is 6.19. The van der Waals surface area contributed by atoms with Crippen LogP contribution in [0.25, 0.3) is 0 Å². The fraction of sp³-hybridized carbons (Fsp3) is 0.389. The molecule has 1 heterocycles. The Hall–Kier alpha value is -1.67. The zero-order valence-electron chi connectivity index (χ0n) is 13.1. The van der Waals surface area contributed by atoms with Gasteiger partial charge in [-0.2, -0.15) is 0 Å². The van der Waals surface area contributed by atoms with Crippen LogP contribution in [0.1, 0.15) is 46.6 Å². The van der Waals surface area contributed by atoms with Crippen molar-refractivity contribution in [2.45, 2.75) is 47.2 Å². The van der Waals surface area contributed by atoms with Crippen molar-refractivity contribution in [1.82, 2.24) is 10.3 Å². The fourth-order valence-electron chi connectivity index (χ4n) is 2.93. The molecule has 106 valence electrons. The Morgan fingerprint density at radius 2 is 1.70 bits per heavy atom. The minimum atomic E-state index is 0.331. The monoisotopic (exact) mass is 268 g/mol. The Labute approximate surface area is 122 Å². The number of pyridine rings is 1. The van der Waals surface area contributed by atoms with Crippen LogP contribution in [0.4, 0.5) is 0 Å². The van der Waals surface area contributed by atoms with Gasteiger partial charge in [0.2, 0.25) is 0 Å². The molecule has 2 nitrogen and oxygen atoms in total. The van der Waals surface area contributed by atoms with Crippen LogP contribution in [-0.4, -0.2) is 4.98 Å². The van der Waals surface area contributed by atoms with Gasteiger partial charge in [-0.05, 0) is 63.4 Å². The highest BCUT2D eigenvalue weighted by atomic mass is 14.9. The number of aryl methyl sites for hydroxylation is 4. The summed E-state index contributed by atoms with van der Waals surface area (Å²) in [4.78, 5) is 4.54. The molecule has 1 N–H and O–H groups in total. The summed E-state index contributed by atoms with van der Waals surface area (Å²) in [7, 11) is 0. The van der Waals surface area contributed by atoms with Gasteiger partial charge in [0.15, 0.2) is 0 Å². The number of hydrogen-bond acceptors (Lipinski definition) is 2. The molecule has 0 aliphatic heterocycles. The standard InChI is InChI=1S/C18H24N2/c1-12-9-13(2)18(14(3)10-12)16(5)19-11-17-8-6-7-15(4)20-17/h6-10,16,19H,11H2,1-5H3. The smallest absolute Gasteiger partial charge is 0.0545 e. The molecular weight excluding hydrogens is 244 g/mol. The van der Waals surface area contributed by atoms with Crippen molar-refractivity contribution < 1.29 is 0 Å². The fourth-order valence-corrected chi connectivity index (χ4v) is 2.93. The third-order valence-corrected chi connectivity index (χ3v) is 3.71. The van der Waals surface area contributed by atoms with Crippen molar-refractivity contribution >= 4 is 0 Å². The highest BCUT2D eigenvalue weighted by Crippen LogP contribution is 2.23. The molecule has 0 aliphatic carbocycles. The lowest BCUT2D eigenvalue weighted by atomic mass is 9.95. The zero-order chi connectivity index (χ0) is 14.7. The third-order valence-electron chi connectivity index (χ3n) is 3.71. The van der Waals surface area contributed by atoms with E-state index in [-0.39, 0.29) is 0 Å². The maximum Gasteiger partial charge on any atom is 0.0545 e. The largest absolute Gasteiger partial charge is 0.305 e. The molecule has 0 amide bonds. The van der Waals surface area contributed by atoms with Gasteiger partial charge in [0.1, 0.15) is 0 Å². The molecule has 0 bridgehead atoms. The predicted octanol–water partition coefficient (Wildman–Crippen LogP) is 4.17. The van der Waals surface area contributed by atoms with Gasteiger partial charge >= 0.3 is 0 Å². The summed E-state index contributed by atoms with van der Waals surface area (Å²) in [6.45, 7) is 11.6. The van der Waals surface area contributed by atoms with Gasteiger partial charge < -0.3 is 5.32 Å². The van der Waals surface area contributed by atoms with Crippen LogP contribution >= 0.6 is 0 Å². The minimum absolute atomic E-state index is 0.331. The molecular formula is C18H24N2. The second-order valence-corrected chi connectivity index (χ2v) is 5.69. The van der Waals surface area contributed by atoms with E-state index in [9.17, 15) is 0 Å². The molecule has 0 fully saturated rings. The topological polar surface area (TPSA) is 24.9 Å². The first-order valence-corrected chi connectivity index (χ1v) is 7.21. The number of nitrogens with one attached hydrogen (secondary N) is 1. The van der Waals surface area contributed by atoms with Crippen molar-refractivity contribution in [2.75, 3.05) is 0 Å². The van der Waals surface area contributed by atoms with Crippen LogP contribution in [-0.2, 0) is 6.54 Å². The quantitative estimate of drug-likeness (QED) is 0.900. The lowest BCUT2D eigenvalue weighted by Gasteiger charge is -2.20. The van der Waals surface area contributed by atoms with Gasteiger partial charge in [0.25, 0.3) is 0 Å². The van der Waals surface area contributed by atoms with Gasteiger partial charge in [-0.15, -0.1) is 0 Å². The average Bonchev–Trinajstić information content (AvgIpc) is 2.35. The number of nitrogens with zero attached hydrogens (tertiary/aromatic N) is 1. The number of aromatic nitrogens is 1. The van der Waals surface area contributed by atoms with Gasteiger partial charge in [-0.3, -0.25) is 4.98 Å². The molecule has 1 aromatic carbocycles. The molecule has 2 aromatic rings. The van der Waals surface area contributed by atoms with E-state index in [1.165, 1.54) is 22.3 Å². The summed E-state index contributed by atoms with van der Waals surface area (Å²) in [6.07, 6.45) is 0. The third kappa shape index (κ3) is 3.45. The summed E-state index contributed by atoms with van der Waals surface area (Å²) in [6, 6.07) is 11.0. The Bertz CT molecular complexity index is 579. The lowest BCUT2D eigenvalue weighted by molar-refractivity contribution is 0.562. The molecule has 1 atom stereocenters. The molecule has 2 heteroatoms. The van der Waals surface area contributed by atoms with E-state index >= 15 is 0 Å². The highest BCUT2D eigenvalue weighted by Gasteiger charge is 2.11. The maximum atomic E-state index is 4.54. The summed E-state index contributed by atoms with van der Waals surface area (Å²) in [5.41, 5.74) is 7.62. The van der Waals surface area contributed by atoms with Crippen molar-refractivity contribution in [3.8, 4) is 0 Å². The molecule has 20 heavy (non-hydrogen) atoms. The first-order valence-electron chi connectivity index (χ1n) is 7.21. The van der Waals surface area contributed by atoms with E-state index in [1.54, 1.807) is 0 Å². The lowest BCUT2D eigenvalue weighted by Crippen LogP contribution is -2.20. The predicted molar refractivity (Wildman–Crippen MR) is 84.9 cm³/mol. The molecule has 0 aliphatic rings. The van der Waals surface area contributed by atoms with Gasteiger partial charge in [-0.1, -0.05) is 23.8 Å². The van der Waals surface area contributed by atoms with Crippen LogP contribution in [0, 0.1) is 27.7 Å². The van der Waals surface area contributed by atoms with Crippen LogP contribution in [0.3, 0.4) is 0 Å². The van der Waals surface area contributed by atoms with E-state index in [2.05, 4.69) is 62.3 Å². The van der Waals surface area contributed by atoms with Crippen molar-refractivity contribution in [2.24, 2.45) is 0 Å². The van der Waals surface area contributed by atoms with E-state index in [0.717, 1.165) is 17.9 Å². The van der Waals surface area contributed by atoms with Crippen molar-refractivity contribution in [3.05, 3.63) is 64.0 Å². The molecule has 1 aromatic heterocycles. The van der Waals surface area contributed by atoms with Gasteiger partial charge in [0.05, 0.1) is 5.69 Å². The van der Waals surface area contributed by atoms with Gasteiger partial charge in [0, 0.05) is 18.3 Å². The number of benzene rings is 1. The zero-order valence-corrected chi connectivity index (χ0v) is 13.1. The maximum absolute atomic E-state index is 4.54. The van der Waals surface area contributed by atoms with E-state index in [0.29, 0.717) is 6.04 Å². The molecule has 0 spiro atoms. The molecule has 1 unspecified atom stereocenters. The Balaban J connectivity index is 2.11. The SMILES string of the molecule is Cc1cc(C)c(C(C)NCc2cccc(C)n2)c(C)c1. The van der Waals surface area contributed by atoms with Crippen LogP contribution in [0.15, 0.2) is 30.3 Å². The first-order chi connectivity index (χ1) is 9.47. The van der Waals surface area contributed by atoms with E-state index in [1.807, 2.05) is 13.0 Å². The Morgan fingerprint density at radius 3 is 2.30 bits per heavy atom. The number of hydrogen-bond donors (Lipinski definition) is 1. The summed E-state index contributed by atoms with van der Waals surface area (Å²) < 4.78 is 0. The van der Waals surface area contributed by atoms with Crippen LogP contribution in [0.5, 0.6) is 0 Å². The van der Waals surface area contributed by atoms with Crippen molar-refractivity contribution in [1.29, 1.82) is 0 Å². The molecule has 0 radical (unpaired) electrons. The normalized spacial score (nSPS) is 12.4. The Kier molecular flexibility index (Phi) is 4.56.